The summed E-state index contributed by atoms with van der Waals surface area (Å²) >= 11 is 0. The number of amides is 2. The molecule has 2 amide bonds. The van der Waals surface area contributed by atoms with Gasteiger partial charge >= 0.3 is 0 Å². The van der Waals surface area contributed by atoms with E-state index < -0.39 is 28.5 Å². The van der Waals surface area contributed by atoms with Crippen molar-refractivity contribution in [2.45, 2.75) is 69.5 Å². The number of aryl methyl sites for hydroxylation is 2. The Kier molecular flexibility index (Phi) is 11.0. The van der Waals surface area contributed by atoms with E-state index in [0.29, 0.717) is 5.75 Å². The minimum absolute atomic E-state index is 0.0458. The lowest BCUT2D eigenvalue weighted by atomic mass is 10.0. The summed E-state index contributed by atoms with van der Waals surface area (Å²) in [4.78, 5) is 30.4. The van der Waals surface area contributed by atoms with Crippen molar-refractivity contribution < 1.29 is 22.7 Å². The van der Waals surface area contributed by atoms with E-state index in [0.717, 1.165) is 52.2 Å². The highest BCUT2D eigenvalue weighted by atomic mass is 32.2. The zero-order valence-corrected chi connectivity index (χ0v) is 28.1. The van der Waals surface area contributed by atoms with Gasteiger partial charge in [-0.25, -0.2) is 8.42 Å². The zero-order valence-electron chi connectivity index (χ0n) is 27.3. The first-order valence-electron chi connectivity index (χ1n) is 16.1. The fourth-order valence-corrected chi connectivity index (χ4v) is 7.46. The Labute approximate surface area is 278 Å². The zero-order chi connectivity index (χ0) is 33.4. The summed E-state index contributed by atoms with van der Waals surface area (Å²) in [5.74, 6) is -0.435. The Bertz CT molecular complexity index is 1760. The highest BCUT2D eigenvalue weighted by molar-refractivity contribution is 7.92. The van der Waals surface area contributed by atoms with Crippen LogP contribution < -0.4 is 14.4 Å². The number of nitrogens with one attached hydrogen (secondary N) is 1. The van der Waals surface area contributed by atoms with Gasteiger partial charge in [-0.1, -0.05) is 97.3 Å². The summed E-state index contributed by atoms with van der Waals surface area (Å²) in [7, 11) is -2.77. The number of sulfonamides is 1. The molecule has 8 nitrogen and oxygen atoms in total. The largest absolute Gasteiger partial charge is 0.495 e. The van der Waals surface area contributed by atoms with Crippen LogP contribution in [0.2, 0.25) is 0 Å². The fourth-order valence-electron chi connectivity index (χ4n) is 6.05. The van der Waals surface area contributed by atoms with Crippen molar-refractivity contribution in [2.24, 2.45) is 0 Å². The number of hydrogen-bond donors (Lipinski definition) is 1. The van der Waals surface area contributed by atoms with Gasteiger partial charge in [0.2, 0.25) is 11.8 Å². The van der Waals surface area contributed by atoms with E-state index in [1.807, 2.05) is 80.6 Å². The molecule has 0 bridgehead atoms. The van der Waals surface area contributed by atoms with Crippen molar-refractivity contribution in [3.05, 3.63) is 125 Å². The van der Waals surface area contributed by atoms with Crippen LogP contribution in [0.3, 0.4) is 0 Å². The van der Waals surface area contributed by atoms with Gasteiger partial charge < -0.3 is 15.0 Å². The number of methoxy groups -OCH3 is 1. The minimum Gasteiger partial charge on any atom is -0.495 e. The molecule has 1 atom stereocenters. The van der Waals surface area contributed by atoms with Crippen LogP contribution in [-0.2, 0) is 32.6 Å². The van der Waals surface area contributed by atoms with Crippen LogP contribution >= 0.6 is 0 Å². The first-order valence-corrected chi connectivity index (χ1v) is 17.5. The summed E-state index contributed by atoms with van der Waals surface area (Å²) in [5.41, 5.74) is 3.68. The molecule has 4 aromatic rings. The molecule has 1 aliphatic carbocycles. The molecule has 47 heavy (non-hydrogen) atoms. The van der Waals surface area contributed by atoms with E-state index in [-0.39, 0.29) is 35.5 Å². The average Bonchev–Trinajstić information content (AvgIpc) is 3.59. The van der Waals surface area contributed by atoms with Crippen LogP contribution in [0, 0.1) is 13.8 Å². The lowest BCUT2D eigenvalue weighted by Gasteiger charge is -2.34. The summed E-state index contributed by atoms with van der Waals surface area (Å²) in [6.45, 7) is 3.32. The number of nitrogens with zero attached hydrogens (tertiary/aromatic N) is 2. The van der Waals surface area contributed by atoms with E-state index in [9.17, 15) is 18.0 Å². The SMILES string of the molecule is COc1ccc(C)cc1N(CC(=O)N(Cc1ccccc1)[C@@H](Cc1ccccc1)C(=O)NC1CCCC1)S(=O)(=O)c1ccc(C)cc1. The quantitative estimate of drug-likeness (QED) is 0.185. The van der Waals surface area contributed by atoms with Crippen LogP contribution in [0.5, 0.6) is 5.75 Å². The predicted octanol–water partition coefficient (Wildman–Crippen LogP) is 6.21. The number of ether oxygens (including phenoxy) is 1. The number of benzene rings is 4. The Balaban J connectivity index is 1.59. The number of carbonyl (C=O) groups is 2. The van der Waals surface area contributed by atoms with Crippen LogP contribution in [-0.4, -0.2) is 50.9 Å². The van der Waals surface area contributed by atoms with Gasteiger partial charge in [-0.05, 0) is 67.6 Å². The summed E-state index contributed by atoms with van der Waals surface area (Å²) < 4.78 is 35.5. The number of anilines is 1. The molecule has 9 heteroatoms. The van der Waals surface area contributed by atoms with Crippen molar-refractivity contribution in [1.29, 1.82) is 0 Å². The molecule has 0 saturated heterocycles. The molecule has 1 aliphatic rings. The molecule has 1 saturated carbocycles. The van der Waals surface area contributed by atoms with E-state index in [1.165, 1.54) is 12.0 Å². The third kappa shape index (κ3) is 8.40. The smallest absolute Gasteiger partial charge is 0.264 e. The molecule has 0 unspecified atom stereocenters. The molecule has 5 rings (SSSR count). The van der Waals surface area contributed by atoms with Crippen LogP contribution in [0.4, 0.5) is 5.69 Å². The maximum absolute atomic E-state index is 14.7. The van der Waals surface area contributed by atoms with Crippen LogP contribution in [0.25, 0.3) is 0 Å². The molecule has 4 aromatic carbocycles. The molecule has 0 heterocycles. The second kappa shape index (κ2) is 15.3. The second-order valence-electron chi connectivity index (χ2n) is 12.2. The highest BCUT2D eigenvalue weighted by Crippen LogP contribution is 2.34. The Hall–Kier alpha value is -4.63. The van der Waals surface area contributed by atoms with Crippen molar-refractivity contribution in [3.63, 3.8) is 0 Å². The standard InChI is InChI=1S/C38H43N3O5S/c1-28-18-21-33(22-19-28)47(44,45)41(34-24-29(2)20-23-36(34)46-3)27-37(42)40(26-31-14-8-5-9-15-31)35(25-30-12-6-4-7-13-30)38(43)39-32-16-10-11-17-32/h4-9,12-15,18-24,32,35H,10-11,16-17,25-27H2,1-3H3,(H,39,43)/t35-/m0/s1. The average molecular weight is 654 g/mol. The Morgan fingerprint density at radius 2 is 1.43 bits per heavy atom. The highest BCUT2D eigenvalue weighted by Gasteiger charge is 2.36. The molecule has 1 N–H and O–H groups in total. The van der Waals surface area contributed by atoms with Gasteiger partial charge in [0.15, 0.2) is 0 Å². The normalized spacial score (nSPS) is 13.9. The van der Waals surface area contributed by atoms with Gasteiger partial charge in [-0.15, -0.1) is 0 Å². The minimum atomic E-state index is -4.24. The molecule has 0 spiro atoms. The molecular weight excluding hydrogens is 611 g/mol. The molecule has 0 aliphatic heterocycles. The third-order valence-electron chi connectivity index (χ3n) is 8.66. The van der Waals surface area contributed by atoms with Crippen LogP contribution in [0.15, 0.2) is 108 Å². The maximum atomic E-state index is 14.7. The Morgan fingerprint density at radius 1 is 0.830 bits per heavy atom. The summed E-state index contributed by atoms with van der Waals surface area (Å²) in [5, 5.41) is 3.21. The lowest BCUT2D eigenvalue weighted by molar-refractivity contribution is -0.140. The van der Waals surface area contributed by atoms with Gasteiger partial charge in [-0.3, -0.25) is 13.9 Å². The number of carbonyl (C=O) groups excluding carboxylic acids is 2. The molecule has 0 aromatic heterocycles. The van der Waals surface area contributed by atoms with E-state index in [4.69, 9.17) is 4.74 Å². The van der Waals surface area contributed by atoms with Gasteiger partial charge in [-0.2, -0.15) is 0 Å². The molecule has 246 valence electrons. The van der Waals surface area contributed by atoms with Gasteiger partial charge in [0, 0.05) is 19.0 Å². The molecular formula is C38H43N3O5S. The monoisotopic (exact) mass is 653 g/mol. The van der Waals surface area contributed by atoms with Crippen molar-refractivity contribution in [2.75, 3.05) is 18.0 Å². The molecule has 1 fully saturated rings. The summed E-state index contributed by atoms with van der Waals surface area (Å²) in [6, 6.07) is 30.0. The topological polar surface area (TPSA) is 96.0 Å². The maximum Gasteiger partial charge on any atom is 0.264 e. The van der Waals surface area contributed by atoms with Crippen molar-refractivity contribution >= 4 is 27.5 Å². The number of hydrogen-bond acceptors (Lipinski definition) is 5. The van der Waals surface area contributed by atoms with Gasteiger partial charge in [0.05, 0.1) is 17.7 Å². The van der Waals surface area contributed by atoms with E-state index in [2.05, 4.69) is 5.32 Å². The van der Waals surface area contributed by atoms with E-state index in [1.54, 1.807) is 36.4 Å². The molecule has 0 radical (unpaired) electrons. The first kappa shape index (κ1) is 33.7. The first-order chi connectivity index (χ1) is 22.7. The Morgan fingerprint density at radius 3 is 2.04 bits per heavy atom. The predicted molar refractivity (Wildman–Crippen MR) is 185 cm³/mol. The van der Waals surface area contributed by atoms with Crippen LogP contribution in [0.1, 0.15) is 47.9 Å². The second-order valence-corrected chi connectivity index (χ2v) is 14.1. The van der Waals surface area contributed by atoms with Crippen molar-refractivity contribution in [3.8, 4) is 5.75 Å². The van der Waals surface area contributed by atoms with Gasteiger partial charge in [0.25, 0.3) is 10.0 Å². The van der Waals surface area contributed by atoms with E-state index >= 15 is 0 Å². The number of rotatable bonds is 13. The van der Waals surface area contributed by atoms with Gasteiger partial charge in [0.1, 0.15) is 18.3 Å². The van der Waals surface area contributed by atoms with Crippen molar-refractivity contribution in [1.82, 2.24) is 10.2 Å². The lowest BCUT2D eigenvalue weighted by Crippen LogP contribution is -2.54. The summed E-state index contributed by atoms with van der Waals surface area (Å²) in [6.07, 6.45) is 4.16. The third-order valence-corrected chi connectivity index (χ3v) is 10.4. The fraction of sp³-hybridized carbons (Fsp3) is 0.316.